The molecule has 1 aromatic heterocycles. The maximum Gasteiger partial charge on any atom is 0.193 e. The minimum atomic E-state index is -0.167. The van der Waals surface area contributed by atoms with Crippen LogP contribution in [0.2, 0.25) is 0 Å². The van der Waals surface area contributed by atoms with Crippen molar-refractivity contribution in [2.75, 3.05) is 6.61 Å². The van der Waals surface area contributed by atoms with Crippen molar-refractivity contribution in [2.45, 2.75) is 39.0 Å². The fourth-order valence-electron chi connectivity index (χ4n) is 2.37. The molecule has 1 aliphatic rings. The van der Waals surface area contributed by atoms with Crippen molar-refractivity contribution in [1.82, 2.24) is 0 Å². The van der Waals surface area contributed by atoms with E-state index < -0.39 is 0 Å². The molecule has 2 heterocycles. The summed E-state index contributed by atoms with van der Waals surface area (Å²) in [6, 6.07) is 5.38. The van der Waals surface area contributed by atoms with Crippen molar-refractivity contribution in [2.24, 2.45) is 0 Å². The Morgan fingerprint density at radius 1 is 1.16 bits per heavy atom. The number of benzene rings is 1. The minimum Gasteiger partial charge on any atom is -0.493 e. The largest absolute Gasteiger partial charge is 0.493 e. The van der Waals surface area contributed by atoms with Gasteiger partial charge in [-0.1, -0.05) is 20.8 Å². The van der Waals surface area contributed by atoms with Crippen molar-refractivity contribution < 1.29 is 9.15 Å². The average Bonchev–Trinajstić information content (AvgIpc) is 2.35. The molecule has 0 N–H and O–H groups in total. The SMILES string of the molecule is CC(C)(C)c1cc(=O)c2cc3c(cc2o1)CCCO3. The van der Waals surface area contributed by atoms with Crippen LogP contribution in [0, 0.1) is 0 Å². The Hall–Kier alpha value is -1.77. The first kappa shape index (κ1) is 12.3. The molecule has 3 heteroatoms. The van der Waals surface area contributed by atoms with Gasteiger partial charge in [-0.05, 0) is 30.5 Å². The second-order valence-corrected chi connectivity index (χ2v) is 6.13. The zero-order valence-corrected chi connectivity index (χ0v) is 11.6. The van der Waals surface area contributed by atoms with Crippen LogP contribution < -0.4 is 10.2 Å². The highest BCUT2D eigenvalue weighted by Gasteiger charge is 2.20. The van der Waals surface area contributed by atoms with Crippen LogP contribution in [0.25, 0.3) is 11.0 Å². The molecule has 0 saturated carbocycles. The summed E-state index contributed by atoms with van der Waals surface area (Å²) in [7, 11) is 0. The number of fused-ring (bicyclic) bond motifs is 2. The predicted molar refractivity (Wildman–Crippen MR) is 75.0 cm³/mol. The molecular weight excluding hydrogens is 240 g/mol. The first-order valence-electron chi connectivity index (χ1n) is 6.69. The summed E-state index contributed by atoms with van der Waals surface area (Å²) in [6.07, 6.45) is 2.00. The molecule has 0 saturated heterocycles. The Balaban J connectivity index is 2.27. The molecule has 0 atom stereocenters. The number of aryl methyl sites for hydroxylation is 1. The third-order valence-corrected chi connectivity index (χ3v) is 3.50. The summed E-state index contributed by atoms with van der Waals surface area (Å²) < 4.78 is 11.5. The lowest BCUT2D eigenvalue weighted by Crippen LogP contribution is -2.15. The van der Waals surface area contributed by atoms with E-state index in [1.54, 1.807) is 6.07 Å². The van der Waals surface area contributed by atoms with Crippen LogP contribution in [0.5, 0.6) is 5.75 Å². The molecular formula is C16H18O3. The van der Waals surface area contributed by atoms with Gasteiger partial charge >= 0.3 is 0 Å². The summed E-state index contributed by atoms with van der Waals surface area (Å²) in [5.74, 6) is 1.55. The predicted octanol–water partition coefficient (Wildman–Crippen LogP) is 3.42. The van der Waals surface area contributed by atoms with Crippen LogP contribution in [0.15, 0.2) is 27.4 Å². The fraction of sp³-hybridized carbons (Fsp3) is 0.438. The van der Waals surface area contributed by atoms with Gasteiger partial charge in [0.05, 0.1) is 12.0 Å². The minimum absolute atomic E-state index is 0.00292. The molecule has 0 bridgehead atoms. The zero-order chi connectivity index (χ0) is 13.6. The van der Waals surface area contributed by atoms with Gasteiger partial charge in [-0.25, -0.2) is 0 Å². The highest BCUT2D eigenvalue weighted by atomic mass is 16.5. The molecule has 3 nitrogen and oxygen atoms in total. The maximum atomic E-state index is 12.2. The molecule has 1 aromatic carbocycles. The monoisotopic (exact) mass is 258 g/mol. The molecule has 1 aliphatic heterocycles. The Bertz CT molecular complexity index is 689. The van der Waals surface area contributed by atoms with E-state index in [2.05, 4.69) is 0 Å². The fourth-order valence-corrected chi connectivity index (χ4v) is 2.37. The third-order valence-electron chi connectivity index (χ3n) is 3.50. The summed E-state index contributed by atoms with van der Waals surface area (Å²) in [4.78, 5) is 12.2. The number of ether oxygens (including phenoxy) is 1. The lowest BCUT2D eigenvalue weighted by Gasteiger charge is -2.20. The summed E-state index contributed by atoms with van der Waals surface area (Å²) in [5.41, 5.74) is 1.64. The molecule has 0 radical (unpaired) electrons. The Morgan fingerprint density at radius 2 is 1.95 bits per heavy atom. The number of rotatable bonds is 0. The van der Waals surface area contributed by atoms with Gasteiger partial charge < -0.3 is 9.15 Å². The van der Waals surface area contributed by atoms with E-state index in [0.29, 0.717) is 11.0 Å². The summed E-state index contributed by atoms with van der Waals surface area (Å²) in [6.45, 7) is 6.85. The van der Waals surface area contributed by atoms with E-state index in [0.717, 1.165) is 36.5 Å². The molecule has 3 rings (SSSR count). The van der Waals surface area contributed by atoms with Crippen molar-refractivity contribution in [3.8, 4) is 5.75 Å². The first-order chi connectivity index (χ1) is 8.95. The van der Waals surface area contributed by atoms with Gasteiger partial charge in [0.15, 0.2) is 5.43 Å². The van der Waals surface area contributed by atoms with Gasteiger partial charge in [-0.2, -0.15) is 0 Å². The average molecular weight is 258 g/mol. The summed E-state index contributed by atoms with van der Waals surface area (Å²) in [5, 5.41) is 0.605. The van der Waals surface area contributed by atoms with E-state index >= 15 is 0 Å². The topological polar surface area (TPSA) is 39.4 Å². The van der Waals surface area contributed by atoms with Crippen molar-refractivity contribution in [3.05, 3.63) is 39.7 Å². The van der Waals surface area contributed by atoms with Crippen LogP contribution in [-0.4, -0.2) is 6.61 Å². The second kappa shape index (κ2) is 4.12. The second-order valence-electron chi connectivity index (χ2n) is 6.13. The lowest BCUT2D eigenvalue weighted by molar-refractivity contribution is 0.288. The first-order valence-corrected chi connectivity index (χ1v) is 6.69. The van der Waals surface area contributed by atoms with Crippen LogP contribution in [-0.2, 0) is 11.8 Å². The highest BCUT2D eigenvalue weighted by Crippen LogP contribution is 2.31. The van der Waals surface area contributed by atoms with Crippen molar-refractivity contribution in [3.63, 3.8) is 0 Å². The Kier molecular flexibility index (Phi) is 2.66. The van der Waals surface area contributed by atoms with E-state index in [9.17, 15) is 4.79 Å². The van der Waals surface area contributed by atoms with Gasteiger partial charge in [-0.3, -0.25) is 4.79 Å². The molecule has 0 fully saturated rings. The highest BCUT2D eigenvalue weighted by molar-refractivity contribution is 5.79. The molecule has 0 aliphatic carbocycles. The number of hydrogen-bond acceptors (Lipinski definition) is 3. The van der Waals surface area contributed by atoms with Gasteiger partial charge in [0.1, 0.15) is 17.1 Å². The van der Waals surface area contributed by atoms with E-state index in [1.165, 1.54) is 0 Å². The van der Waals surface area contributed by atoms with Gasteiger partial charge in [0.25, 0.3) is 0 Å². The van der Waals surface area contributed by atoms with Crippen LogP contribution >= 0.6 is 0 Å². The van der Waals surface area contributed by atoms with Crippen LogP contribution in [0.3, 0.4) is 0 Å². The Labute approximate surface area is 112 Å². The third kappa shape index (κ3) is 2.14. The van der Waals surface area contributed by atoms with Gasteiger partial charge in [-0.15, -0.1) is 0 Å². The van der Waals surface area contributed by atoms with E-state index in [-0.39, 0.29) is 10.8 Å². The van der Waals surface area contributed by atoms with Crippen molar-refractivity contribution >= 4 is 11.0 Å². The standard InChI is InChI=1S/C16H18O3/c1-16(2,3)15-9-12(17)11-8-13-10(5-4-6-18-13)7-14(11)19-15/h7-9H,4-6H2,1-3H3. The van der Waals surface area contributed by atoms with Gasteiger partial charge in [0, 0.05) is 11.5 Å². The van der Waals surface area contributed by atoms with Gasteiger partial charge in [0.2, 0.25) is 0 Å². The quantitative estimate of drug-likeness (QED) is 0.727. The van der Waals surface area contributed by atoms with Crippen LogP contribution in [0.4, 0.5) is 0 Å². The molecule has 100 valence electrons. The molecule has 0 unspecified atom stereocenters. The van der Waals surface area contributed by atoms with Crippen LogP contribution in [0.1, 0.15) is 38.5 Å². The molecule has 19 heavy (non-hydrogen) atoms. The van der Waals surface area contributed by atoms with E-state index in [1.807, 2.05) is 32.9 Å². The zero-order valence-electron chi connectivity index (χ0n) is 11.6. The smallest absolute Gasteiger partial charge is 0.193 e. The molecule has 0 spiro atoms. The number of hydrogen-bond donors (Lipinski definition) is 0. The van der Waals surface area contributed by atoms with Crippen molar-refractivity contribution in [1.29, 1.82) is 0 Å². The summed E-state index contributed by atoms with van der Waals surface area (Å²) >= 11 is 0. The lowest BCUT2D eigenvalue weighted by atomic mass is 9.92. The maximum absolute atomic E-state index is 12.2. The van der Waals surface area contributed by atoms with E-state index in [4.69, 9.17) is 9.15 Å². The Morgan fingerprint density at radius 3 is 2.68 bits per heavy atom. The normalized spacial score (nSPS) is 15.1. The molecule has 0 amide bonds. The molecule has 2 aromatic rings.